The SMILES string of the molecule is C[C@@H](OC(=O)Nc1c(-c2ccc(NC(=O)C3(C(F)F)CC3)cn2)nnn1C)c1cc(F)cnc1Cl. The number of pyridine rings is 2. The van der Waals surface area contributed by atoms with Crippen molar-refractivity contribution in [3.8, 4) is 11.4 Å². The summed E-state index contributed by atoms with van der Waals surface area (Å²) < 4.78 is 46.2. The van der Waals surface area contributed by atoms with Gasteiger partial charge in [0.15, 0.2) is 11.5 Å². The molecule has 0 radical (unpaired) electrons. The molecule has 3 aromatic heterocycles. The van der Waals surface area contributed by atoms with Crippen LogP contribution in [-0.4, -0.2) is 43.4 Å². The van der Waals surface area contributed by atoms with Crippen LogP contribution < -0.4 is 10.6 Å². The van der Waals surface area contributed by atoms with Crippen molar-refractivity contribution >= 4 is 35.1 Å². The summed E-state index contributed by atoms with van der Waals surface area (Å²) in [5.41, 5.74) is -0.745. The maximum Gasteiger partial charge on any atom is 0.413 e. The minimum absolute atomic E-state index is 0.00729. The van der Waals surface area contributed by atoms with Crippen molar-refractivity contribution in [3.63, 3.8) is 0 Å². The van der Waals surface area contributed by atoms with Crippen LogP contribution in [0.1, 0.15) is 31.4 Å². The summed E-state index contributed by atoms with van der Waals surface area (Å²) in [6, 6.07) is 4.07. The lowest BCUT2D eigenvalue weighted by atomic mass is 10.1. The Morgan fingerprint density at radius 3 is 2.57 bits per heavy atom. The van der Waals surface area contributed by atoms with E-state index in [0.717, 1.165) is 12.3 Å². The summed E-state index contributed by atoms with van der Waals surface area (Å²) in [4.78, 5) is 32.5. The van der Waals surface area contributed by atoms with E-state index in [-0.39, 0.29) is 46.5 Å². The molecule has 4 rings (SSSR count). The van der Waals surface area contributed by atoms with E-state index >= 15 is 0 Å². The standard InChI is InChI=1S/C21H19ClF3N7O3/c1-10(13-7-11(23)8-27-16(13)22)35-20(34)29-17-15(30-31-32(17)2)14-4-3-12(9-26-14)28-19(33)21(5-6-21)18(24)25/h3-4,7-10,18H,5-6H2,1-2H3,(H,28,33)(H,29,34)/t10-/m1/s1. The van der Waals surface area contributed by atoms with Crippen molar-refractivity contribution in [2.75, 3.05) is 10.6 Å². The fourth-order valence-electron chi connectivity index (χ4n) is 3.29. The van der Waals surface area contributed by atoms with Gasteiger partial charge in [-0.1, -0.05) is 16.8 Å². The first-order chi connectivity index (χ1) is 16.6. The third-order valence-corrected chi connectivity index (χ3v) is 5.84. The summed E-state index contributed by atoms with van der Waals surface area (Å²) >= 11 is 5.95. The van der Waals surface area contributed by atoms with Crippen LogP contribution in [-0.2, 0) is 16.6 Å². The number of hydrogen-bond acceptors (Lipinski definition) is 7. The molecule has 1 fully saturated rings. The molecule has 2 amide bonds. The van der Waals surface area contributed by atoms with Crippen molar-refractivity contribution < 1.29 is 27.5 Å². The Balaban J connectivity index is 1.45. The normalized spacial score (nSPS) is 14.9. The van der Waals surface area contributed by atoms with E-state index < -0.39 is 35.8 Å². The summed E-state index contributed by atoms with van der Waals surface area (Å²) in [5.74, 6) is -1.25. The quantitative estimate of drug-likeness (QED) is 0.453. The molecule has 3 heterocycles. The Hall–Kier alpha value is -3.74. The van der Waals surface area contributed by atoms with E-state index in [0.29, 0.717) is 0 Å². The largest absolute Gasteiger partial charge is 0.441 e. The smallest absolute Gasteiger partial charge is 0.413 e. The fourth-order valence-corrected chi connectivity index (χ4v) is 3.54. The third kappa shape index (κ3) is 5.04. The second kappa shape index (κ2) is 9.49. The fraction of sp³-hybridized carbons (Fsp3) is 0.333. The van der Waals surface area contributed by atoms with E-state index in [1.807, 2.05) is 0 Å². The van der Waals surface area contributed by atoms with E-state index in [9.17, 15) is 22.8 Å². The molecule has 14 heteroatoms. The van der Waals surface area contributed by atoms with Crippen molar-refractivity contribution in [1.82, 2.24) is 25.0 Å². The van der Waals surface area contributed by atoms with Crippen LogP contribution in [0.4, 0.5) is 29.5 Å². The lowest BCUT2D eigenvalue weighted by Crippen LogP contribution is -2.30. The highest BCUT2D eigenvalue weighted by atomic mass is 35.5. The van der Waals surface area contributed by atoms with Crippen LogP contribution in [0.2, 0.25) is 5.15 Å². The molecular weight excluding hydrogens is 491 g/mol. The molecule has 10 nitrogen and oxygen atoms in total. The minimum Gasteiger partial charge on any atom is -0.441 e. The highest BCUT2D eigenvalue weighted by Gasteiger charge is 2.57. The van der Waals surface area contributed by atoms with Crippen LogP contribution in [0.3, 0.4) is 0 Å². The van der Waals surface area contributed by atoms with Gasteiger partial charge in [-0.15, -0.1) is 5.10 Å². The van der Waals surface area contributed by atoms with E-state index in [1.165, 1.54) is 37.0 Å². The molecule has 0 unspecified atom stereocenters. The highest BCUT2D eigenvalue weighted by Crippen LogP contribution is 2.51. The number of anilines is 2. The molecule has 1 saturated carbocycles. The van der Waals surface area contributed by atoms with Gasteiger partial charge in [0.1, 0.15) is 22.5 Å². The van der Waals surface area contributed by atoms with Gasteiger partial charge < -0.3 is 10.1 Å². The Labute approximate surface area is 201 Å². The number of nitrogens with one attached hydrogen (secondary N) is 2. The number of aryl methyl sites for hydroxylation is 1. The molecular formula is C21H19ClF3N7O3. The minimum atomic E-state index is -2.74. The monoisotopic (exact) mass is 509 g/mol. The Morgan fingerprint density at radius 1 is 1.20 bits per heavy atom. The molecule has 3 aromatic rings. The van der Waals surface area contributed by atoms with Crippen molar-refractivity contribution in [3.05, 3.63) is 47.1 Å². The van der Waals surface area contributed by atoms with E-state index in [2.05, 4.69) is 30.9 Å². The maximum atomic E-state index is 13.5. The average molecular weight is 510 g/mol. The predicted molar refractivity (Wildman–Crippen MR) is 118 cm³/mol. The number of hydrogen-bond donors (Lipinski definition) is 2. The summed E-state index contributed by atoms with van der Waals surface area (Å²) in [5, 5.41) is 12.8. The van der Waals surface area contributed by atoms with Crippen molar-refractivity contribution in [1.29, 1.82) is 0 Å². The number of ether oxygens (including phenoxy) is 1. The number of alkyl halides is 2. The van der Waals surface area contributed by atoms with Crippen LogP contribution in [0.5, 0.6) is 0 Å². The van der Waals surface area contributed by atoms with Gasteiger partial charge in [-0.3, -0.25) is 15.1 Å². The molecule has 1 atom stereocenters. The second-order valence-electron chi connectivity index (χ2n) is 7.96. The average Bonchev–Trinajstić information content (AvgIpc) is 3.56. The molecule has 0 aromatic carbocycles. The second-order valence-corrected chi connectivity index (χ2v) is 8.32. The summed E-state index contributed by atoms with van der Waals surface area (Å²) in [6.45, 7) is 1.50. The van der Waals surface area contributed by atoms with Crippen LogP contribution >= 0.6 is 11.6 Å². The Morgan fingerprint density at radius 2 is 1.94 bits per heavy atom. The Bertz CT molecular complexity index is 1270. The van der Waals surface area contributed by atoms with Gasteiger partial charge in [0, 0.05) is 12.6 Å². The maximum absolute atomic E-state index is 13.5. The molecule has 0 spiro atoms. The Kier molecular flexibility index (Phi) is 6.61. The lowest BCUT2D eigenvalue weighted by molar-refractivity contribution is -0.126. The summed E-state index contributed by atoms with van der Waals surface area (Å²) in [6.07, 6.45) is -2.06. The van der Waals surface area contributed by atoms with Crippen LogP contribution in [0, 0.1) is 11.2 Å². The molecule has 0 saturated heterocycles. The number of halogens is 4. The zero-order valence-electron chi connectivity index (χ0n) is 18.4. The number of amides is 2. The highest BCUT2D eigenvalue weighted by molar-refractivity contribution is 6.30. The third-order valence-electron chi connectivity index (χ3n) is 5.52. The molecule has 2 N–H and O–H groups in total. The number of nitrogens with zero attached hydrogens (tertiary/aromatic N) is 5. The van der Waals surface area contributed by atoms with Crippen LogP contribution in [0.25, 0.3) is 11.4 Å². The molecule has 0 bridgehead atoms. The molecule has 35 heavy (non-hydrogen) atoms. The summed E-state index contributed by atoms with van der Waals surface area (Å²) in [7, 11) is 1.52. The topological polar surface area (TPSA) is 124 Å². The van der Waals surface area contributed by atoms with Crippen molar-refractivity contribution in [2.24, 2.45) is 12.5 Å². The van der Waals surface area contributed by atoms with Gasteiger partial charge in [0.2, 0.25) is 5.91 Å². The number of aromatic nitrogens is 5. The van der Waals surface area contributed by atoms with Gasteiger partial charge in [-0.2, -0.15) is 0 Å². The van der Waals surface area contributed by atoms with Crippen molar-refractivity contribution in [2.45, 2.75) is 32.3 Å². The zero-order valence-corrected chi connectivity index (χ0v) is 19.2. The van der Waals surface area contributed by atoms with Crippen LogP contribution in [0.15, 0.2) is 30.6 Å². The number of carbonyl (C=O) groups excluding carboxylic acids is 2. The first-order valence-corrected chi connectivity index (χ1v) is 10.7. The zero-order chi connectivity index (χ0) is 25.3. The molecule has 1 aliphatic carbocycles. The van der Waals surface area contributed by atoms with E-state index in [1.54, 1.807) is 0 Å². The van der Waals surface area contributed by atoms with Gasteiger partial charge in [-0.25, -0.2) is 27.6 Å². The van der Waals surface area contributed by atoms with Gasteiger partial charge in [-0.05, 0) is 38.0 Å². The first-order valence-electron chi connectivity index (χ1n) is 10.3. The number of rotatable bonds is 7. The molecule has 184 valence electrons. The van der Waals surface area contributed by atoms with E-state index in [4.69, 9.17) is 16.3 Å². The lowest BCUT2D eigenvalue weighted by Gasteiger charge is -2.15. The molecule has 1 aliphatic rings. The molecule has 0 aliphatic heterocycles. The van der Waals surface area contributed by atoms with Gasteiger partial charge in [0.25, 0.3) is 6.43 Å². The first kappa shape index (κ1) is 24.4. The predicted octanol–water partition coefficient (Wildman–Crippen LogP) is 4.36. The van der Waals surface area contributed by atoms with Gasteiger partial charge >= 0.3 is 6.09 Å². The number of carbonyl (C=O) groups is 2. The van der Waals surface area contributed by atoms with Gasteiger partial charge in [0.05, 0.1) is 23.8 Å².